The molecule has 2 heterocycles. The summed E-state index contributed by atoms with van der Waals surface area (Å²) in [5, 5.41) is 3.84. The third kappa shape index (κ3) is 2.49. The number of halogens is 2. The fraction of sp³-hybridized carbons (Fsp3) is 0.154. The average Bonchev–Trinajstić information content (AvgIpc) is 2.92. The Labute approximate surface area is 117 Å². The van der Waals surface area contributed by atoms with Gasteiger partial charge in [0.25, 0.3) is 5.89 Å². The maximum absolute atomic E-state index is 13.7. The maximum atomic E-state index is 13.7. The average molecular weight is 322 g/mol. The molecular formula is C13H9BrFN3O. The highest BCUT2D eigenvalue weighted by Crippen LogP contribution is 2.26. The zero-order valence-corrected chi connectivity index (χ0v) is 11.4. The Morgan fingerprint density at radius 1 is 1.26 bits per heavy atom. The van der Waals surface area contributed by atoms with E-state index in [2.05, 4.69) is 31.1 Å². The molecule has 1 aromatic heterocycles. The van der Waals surface area contributed by atoms with Crippen LogP contribution in [0.2, 0.25) is 0 Å². The molecule has 0 fully saturated rings. The smallest absolute Gasteiger partial charge is 0.261 e. The Bertz CT molecular complexity index is 678. The van der Waals surface area contributed by atoms with E-state index in [1.54, 1.807) is 12.1 Å². The van der Waals surface area contributed by atoms with Crippen molar-refractivity contribution in [3.05, 3.63) is 40.4 Å². The quantitative estimate of drug-likeness (QED) is 0.844. The number of benzene rings is 1. The number of hydrogen-bond acceptors (Lipinski definition) is 4. The van der Waals surface area contributed by atoms with Gasteiger partial charge >= 0.3 is 0 Å². The summed E-state index contributed by atoms with van der Waals surface area (Å²) in [6, 6.07) is 4.57. The number of hydrogen-bond donors (Lipinski definition) is 0. The van der Waals surface area contributed by atoms with Gasteiger partial charge in [-0.25, -0.2) is 4.39 Å². The van der Waals surface area contributed by atoms with Crippen molar-refractivity contribution in [1.82, 2.24) is 10.1 Å². The molecule has 0 bridgehead atoms. The van der Waals surface area contributed by atoms with Crippen molar-refractivity contribution in [2.75, 3.05) is 0 Å². The molecule has 0 atom stereocenters. The molecule has 1 aliphatic heterocycles. The first kappa shape index (κ1) is 12.2. The third-order valence-corrected chi connectivity index (χ3v) is 3.17. The maximum Gasteiger partial charge on any atom is 0.261 e. The Morgan fingerprint density at radius 2 is 2.16 bits per heavy atom. The van der Waals surface area contributed by atoms with Gasteiger partial charge in [-0.2, -0.15) is 4.98 Å². The topological polar surface area (TPSA) is 51.3 Å². The summed E-state index contributed by atoms with van der Waals surface area (Å²) < 4.78 is 19.6. The van der Waals surface area contributed by atoms with E-state index >= 15 is 0 Å². The molecule has 0 unspecified atom stereocenters. The summed E-state index contributed by atoms with van der Waals surface area (Å²) in [6.07, 6.45) is 5.55. The lowest BCUT2D eigenvalue weighted by Gasteiger charge is -2.00. The second-order valence-electron chi connectivity index (χ2n) is 4.03. The zero-order chi connectivity index (χ0) is 13.2. The molecule has 0 N–H and O–H groups in total. The zero-order valence-electron chi connectivity index (χ0n) is 9.81. The fourth-order valence-corrected chi connectivity index (χ4v) is 2.12. The van der Waals surface area contributed by atoms with Gasteiger partial charge in [-0.05, 0) is 31.0 Å². The fourth-order valence-electron chi connectivity index (χ4n) is 1.76. The summed E-state index contributed by atoms with van der Waals surface area (Å²) in [7, 11) is 0. The highest BCUT2D eigenvalue weighted by Gasteiger charge is 2.16. The summed E-state index contributed by atoms with van der Waals surface area (Å²) in [5.74, 6) is 0.125. The van der Waals surface area contributed by atoms with Gasteiger partial charge in [0.15, 0.2) is 0 Å². The molecule has 6 heteroatoms. The molecule has 0 saturated heterocycles. The minimum Gasteiger partial charge on any atom is -0.333 e. The van der Waals surface area contributed by atoms with E-state index in [-0.39, 0.29) is 11.5 Å². The van der Waals surface area contributed by atoms with Crippen LogP contribution in [0.15, 0.2) is 38.3 Å². The minimum absolute atomic E-state index is 0.149. The van der Waals surface area contributed by atoms with Gasteiger partial charge in [-0.15, -0.1) is 0 Å². The molecule has 96 valence electrons. The van der Waals surface area contributed by atoms with Crippen LogP contribution >= 0.6 is 15.9 Å². The van der Waals surface area contributed by atoms with Gasteiger partial charge in [0.05, 0.1) is 5.56 Å². The Kier molecular flexibility index (Phi) is 3.25. The minimum atomic E-state index is -0.403. The van der Waals surface area contributed by atoms with Crippen LogP contribution in [0.5, 0.6) is 0 Å². The summed E-state index contributed by atoms with van der Waals surface area (Å²) in [6.45, 7) is 0. The van der Waals surface area contributed by atoms with Crippen LogP contribution in [-0.2, 0) is 0 Å². The lowest BCUT2D eigenvalue weighted by atomic mass is 10.2. The molecule has 1 aliphatic rings. The van der Waals surface area contributed by atoms with Crippen LogP contribution in [0.3, 0.4) is 0 Å². The summed E-state index contributed by atoms with van der Waals surface area (Å²) >= 11 is 3.29. The highest BCUT2D eigenvalue weighted by molar-refractivity contribution is 9.10. The third-order valence-electron chi connectivity index (χ3n) is 2.68. The molecule has 19 heavy (non-hydrogen) atoms. The van der Waals surface area contributed by atoms with Crippen molar-refractivity contribution >= 4 is 27.8 Å². The number of aliphatic imine (C=N–C) groups is 1. The second-order valence-corrected chi connectivity index (χ2v) is 4.94. The van der Waals surface area contributed by atoms with E-state index in [9.17, 15) is 4.39 Å². The van der Waals surface area contributed by atoms with Crippen molar-refractivity contribution in [3.8, 4) is 11.5 Å². The first-order valence-electron chi connectivity index (χ1n) is 5.76. The van der Waals surface area contributed by atoms with Crippen molar-refractivity contribution in [2.24, 2.45) is 4.99 Å². The van der Waals surface area contributed by atoms with Gasteiger partial charge in [-0.3, -0.25) is 4.99 Å². The molecule has 2 aromatic rings. The number of allylic oxidation sites excluding steroid dienone is 1. The van der Waals surface area contributed by atoms with E-state index in [4.69, 9.17) is 4.52 Å². The molecule has 3 rings (SSSR count). The predicted molar refractivity (Wildman–Crippen MR) is 73.1 cm³/mol. The molecule has 0 spiro atoms. The lowest BCUT2D eigenvalue weighted by Crippen LogP contribution is -1.91. The Balaban J connectivity index is 1.99. The first-order valence-corrected chi connectivity index (χ1v) is 6.55. The number of rotatable bonds is 2. The monoisotopic (exact) mass is 321 g/mol. The normalized spacial score (nSPS) is 14.5. The van der Waals surface area contributed by atoms with E-state index in [0.29, 0.717) is 11.5 Å². The molecule has 1 aromatic carbocycles. The van der Waals surface area contributed by atoms with Crippen LogP contribution in [0.25, 0.3) is 17.2 Å². The van der Waals surface area contributed by atoms with E-state index in [0.717, 1.165) is 17.3 Å². The molecule has 0 amide bonds. The van der Waals surface area contributed by atoms with Crippen LogP contribution < -0.4 is 0 Å². The van der Waals surface area contributed by atoms with E-state index < -0.39 is 5.82 Å². The SMILES string of the molecule is Fc1ccc(Br)cc1-c1nc(C2=CCCC=N2)no1. The van der Waals surface area contributed by atoms with E-state index in [1.807, 2.05) is 12.3 Å². The van der Waals surface area contributed by atoms with Gasteiger partial charge < -0.3 is 4.52 Å². The number of nitrogens with zero attached hydrogens (tertiary/aromatic N) is 3. The largest absolute Gasteiger partial charge is 0.333 e. The van der Waals surface area contributed by atoms with E-state index in [1.165, 1.54) is 6.07 Å². The van der Waals surface area contributed by atoms with Crippen molar-refractivity contribution in [1.29, 1.82) is 0 Å². The standard InChI is InChI=1S/C13H9BrFN3O/c14-8-4-5-10(15)9(7-8)13-17-12(18-19-13)11-3-1-2-6-16-11/h3-7H,1-2H2. The first-order chi connectivity index (χ1) is 9.24. The van der Waals surface area contributed by atoms with Crippen molar-refractivity contribution in [3.63, 3.8) is 0 Å². The molecular weight excluding hydrogens is 313 g/mol. The molecule has 0 aliphatic carbocycles. The van der Waals surface area contributed by atoms with Gasteiger partial charge in [0.2, 0.25) is 5.82 Å². The van der Waals surface area contributed by atoms with Gasteiger partial charge in [-0.1, -0.05) is 27.2 Å². The lowest BCUT2D eigenvalue weighted by molar-refractivity contribution is 0.425. The summed E-state index contributed by atoms with van der Waals surface area (Å²) in [4.78, 5) is 8.38. The van der Waals surface area contributed by atoms with Crippen LogP contribution in [0.1, 0.15) is 18.7 Å². The predicted octanol–water partition coefficient (Wildman–Crippen LogP) is 3.84. The van der Waals surface area contributed by atoms with Crippen molar-refractivity contribution in [2.45, 2.75) is 12.8 Å². The van der Waals surface area contributed by atoms with Crippen molar-refractivity contribution < 1.29 is 8.91 Å². The Morgan fingerprint density at radius 3 is 2.95 bits per heavy atom. The number of aromatic nitrogens is 2. The molecule has 0 saturated carbocycles. The van der Waals surface area contributed by atoms with Gasteiger partial charge in [0, 0.05) is 10.7 Å². The van der Waals surface area contributed by atoms with Crippen LogP contribution in [0.4, 0.5) is 4.39 Å². The highest BCUT2D eigenvalue weighted by atomic mass is 79.9. The Hall–Kier alpha value is -1.82. The second kappa shape index (κ2) is 5.05. The molecule has 0 radical (unpaired) electrons. The summed E-state index contributed by atoms with van der Waals surface area (Å²) in [5.41, 5.74) is 0.935. The van der Waals surface area contributed by atoms with Crippen LogP contribution in [0, 0.1) is 5.82 Å². The van der Waals surface area contributed by atoms with Crippen LogP contribution in [-0.4, -0.2) is 16.4 Å². The molecule has 4 nitrogen and oxygen atoms in total. The van der Waals surface area contributed by atoms with Gasteiger partial charge in [0.1, 0.15) is 11.5 Å².